The van der Waals surface area contributed by atoms with Crippen LogP contribution in [0.5, 0.6) is 5.75 Å². The molecule has 1 heterocycles. The third-order valence-electron chi connectivity index (χ3n) is 4.70. The normalized spacial score (nSPS) is 13.4. The number of aliphatic hydroxyl groups is 1. The van der Waals surface area contributed by atoms with Crippen molar-refractivity contribution < 1.29 is 9.84 Å². The van der Waals surface area contributed by atoms with Crippen molar-refractivity contribution in [2.45, 2.75) is 32.0 Å². The largest absolute Gasteiger partial charge is 0.497 e. The van der Waals surface area contributed by atoms with E-state index >= 15 is 0 Å². The Bertz CT molecular complexity index is 937. The fourth-order valence-electron chi connectivity index (χ4n) is 3.05. The van der Waals surface area contributed by atoms with Gasteiger partial charge >= 0.3 is 0 Å². The zero-order chi connectivity index (χ0) is 19.2. The zero-order valence-electron chi connectivity index (χ0n) is 15.6. The molecule has 2 unspecified atom stereocenters. The number of hydrogen-bond acceptors (Lipinski definition) is 5. The summed E-state index contributed by atoms with van der Waals surface area (Å²) in [6, 6.07) is 14.7. The van der Waals surface area contributed by atoms with Crippen LogP contribution < -0.4 is 15.6 Å². The van der Waals surface area contributed by atoms with Gasteiger partial charge in [0.2, 0.25) is 0 Å². The number of aromatic nitrogens is 2. The maximum absolute atomic E-state index is 12.5. The Morgan fingerprint density at radius 1 is 1.19 bits per heavy atom. The maximum atomic E-state index is 12.5. The zero-order valence-corrected chi connectivity index (χ0v) is 15.6. The van der Waals surface area contributed by atoms with Gasteiger partial charge in [0.25, 0.3) is 5.56 Å². The molecular weight excluding hydrogens is 342 g/mol. The first-order chi connectivity index (χ1) is 13.1. The lowest BCUT2D eigenvalue weighted by Gasteiger charge is -2.21. The van der Waals surface area contributed by atoms with Gasteiger partial charge in [-0.05, 0) is 49.7 Å². The minimum absolute atomic E-state index is 0.0214. The van der Waals surface area contributed by atoms with Crippen LogP contribution in [-0.2, 0) is 6.54 Å². The Hall–Kier alpha value is -2.70. The molecule has 0 radical (unpaired) electrons. The topological polar surface area (TPSA) is 76.4 Å². The highest BCUT2D eigenvalue weighted by Crippen LogP contribution is 2.20. The van der Waals surface area contributed by atoms with Crippen molar-refractivity contribution in [3.8, 4) is 5.75 Å². The molecule has 0 aliphatic rings. The fraction of sp³-hybridized carbons (Fsp3) is 0.333. The molecule has 2 atom stereocenters. The molecule has 1 aromatic heterocycles. The first-order valence-electron chi connectivity index (χ1n) is 9.09. The molecule has 0 saturated heterocycles. The molecular formula is C21H25N3O3. The van der Waals surface area contributed by atoms with Gasteiger partial charge in [-0.3, -0.25) is 9.36 Å². The number of methoxy groups -OCH3 is 1. The number of nitrogens with one attached hydrogen (secondary N) is 1. The standard InChI is InChI=1S/C21H25N3O3/c1-15(20(25)16-8-10-17(27-2)11-9-16)22-12-5-13-24-14-23-19-7-4-3-6-18(19)21(24)26/h3-4,6-11,14-15,20,22,25H,5,12-13H2,1-2H3. The highest BCUT2D eigenvalue weighted by molar-refractivity contribution is 5.76. The Labute approximate surface area is 158 Å². The van der Waals surface area contributed by atoms with Gasteiger partial charge in [0.15, 0.2) is 0 Å². The summed E-state index contributed by atoms with van der Waals surface area (Å²) >= 11 is 0. The summed E-state index contributed by atoms with van der Waals surface area (Å²) < 4.78 is 6.77. The smallest absolute Gasteiger partial charge is 0.261 e. The van der Waals surface area contributed by atoms with Gasteiger partial charge in [0.1, 0.15) is 5.75 Å². The van der Waals surface area contributed by atoms with Crippen LogP contribution in [0.4, 0.5) is 0 Å². The number of aryl methyl sites for hydroxylation is 1. The number of benzene rings is 2. The molecule has 0 saturated carbocycles. The molecule has 0 amide bonds. The number of fused-ring (bicyclic) bond motifs is 1. The van der Waals surface area contributed by atoms with E-state index in [1.54, 1.807) is 24.1 Å². The predicted octanol–water partition coefficient (Wildman–Crippen LogP) is 2.51. The molecule has 2 N–H and O–H groups in total. The second-order valence-corrected chi connectivity index (χ2v) is 6.57. The van der Waals surface area contributed by atoms with Crippen LogP contribution in [0.1, 0.15) is 25.0 Å². The molecule has 3 rings (SSSR count). The Balaban J connectivity index is 1.52. The molecule has 142 valence electrons. The minimum Gasteiger partial charge on any atom is -0.497 e. The maximum Gasteiger partial charge on any atom is 0.261 e. The number of hydrogen-bond donors (Lipinski definition) is 2. The van der Waals surface area contributed by atoms with E-state index < -0.39 is 6.10 Å². The lowest BCUT2D eigenvalue weighted by molar-refractivity contribution is 0.136. The van der Waals surface area contributed by atoms with Gasteiger partial charge in [-0.15, -0.1) is 0 Å². The summed E-state index contributed by atoms with van der Waals surface area (Å²) in [5, 5.41) is 14.4. The summed E-state index contributed by atoms with van der Waals surface area (Å²) in [7, 11) is 1.62. The van der Waals surface area contributed by atoms with E-state index in [0.29, 0.717) is 24.0 Å². The van der Waals surface area contributed by atoms with E-state index in [1.807, 2.05) is 49.4 Å². The molecule has 6 heteroatoms. The van der Waals surface area contributed by atoms with Gasteiger partial charge in [-0.1, -0.05) is 24.3 Å². The molecule has 0 spiro atoms. The summed E-state index contributed by atoms with van der Waals surface area (Å²) in [5.74, 6) is 0.765. The Kier molecular flexibility index (Phi) is 6.21. The van der Waals surface area contributed by atoms with E-state index in [0.717, 1.165) is 17.7 Å². The monoisotopic (exact) mass is 367 g/mol. The third kappa shape index (κ3) is 4.53. The van der Waals surface area contributed by atoms with Crippen LogP contribution in [0.25, 0.3) is 10.9 Å². The quantitative estimate of drug-likeness (QED) is 0.598. The summed E-state index contributed by atoms with van der Waals surface area (Å²) in [6.45, 7) is 3.21. The van der Waals surface area contributed by atoms with Gasteiger partial charge in [-0.2, -0.15) is 0 Å². The van der Waals surface area contributed by atoms with Crippen molar-refractivity contribution in [2.75, 3.05) is 13.7 Å². The molecule has 6 nitrogen and oxygen atoms in total. The first kappa shape index (κ1) is 19.1. The van der Waals surface area contributed by atoms with Gasteiger partial charge < -0.3 is 15.2 Å². The summed E-state index contributed by atoms with van der Waals surface area (Å²) in [6.07, 6.45) is 1.75. The van der Waals surface area contributed by atoms with Gasteiger partial charge in [0, 0.05) is 12.6 Å². The van der Waals surface area contributed by atoms with Crippen molar-refractivity contribution in [1.82, 2.24) is 14.9 Å². The van der Waals surface area contributed by atoms with Gasteiger partial charge in [-0.25, -0.2) is 4.98 Å². The van der Waals surface area contributed by atoms with E-state index in [2.05, 4.69) is 10.3 Å². The third-order valence-corrected chi connectivity index (χ3v) is 4.70. The van der Waals surface area contributed by atoms with Crippen LogP contribution in [0.3, 0.4) is 0 Å². The molecule has 0 aliphatic heterocycles. The molecule has 3 aromatic rings. The molecule has 0 fully saturated rings. The predicted molar refractivity (Wildman–Crippen MR) is 106 cm³/mol. The average molecular weight is 367 g/mol. The number of para-hydroxylation sites is 1. The molecule has 27 heavy (non-hydrogen) atoms. The SMILES string of the molecule is COc1ccc(C(O)C(C)NCCCn2cnc3ccccc3c2=O)cc1. The molecule has 0 aliphatic carbocycles. The van der Waals surface area contributed by atoms with Crippen molar-refractivity contribution >= 4 is 10.9 Å². The van der Waals surface area contributed by atoms with Crippen LogP contribution in [0.15, 0.2) is 59.7 Å². The van der Waals surface area contributed by atoms with Gasteiger partial charge in [0.05, 0.1) is 30.4 Å². The molecule has 2 aromatic carbocycles. The van der Waals surface area contributed by atoms with Crippen LogP contribution in [0.2, 0.25) is 0 Å². The number of rotatable bonds is 8. The number of aliphatic hydroxyl groups excluding tert-OH is 1. The summed E-state index contributed by atoms with van der Waals surface area (Å²) in [5.41, 5.74) is 1.53. The second kappa shape index (κ2) is 8.79. The van der Waals surface area contributed by atoms with Crippen molar-refractivity contribution in [3.05, 3.63) is 70.8 Å². The number of ether oxygens (including phenoxy) is 1. The van der Waals surface area contributed by atoms with Crippen molar-refractivity contribution in [3.63, 3.8) is 0 Å². The van der Waals surface area contributed by atoms with E-state index in [4.69, 9.17) is 4.74 Å². The van der Waals surface area contributed by atoms with E-state index in [1.165, 1.54) is 0 Å². The highest BCUT2D eigenvalue weighted by atomic mass is 16.5. The fourth-order valence-corrected chi connectivity index (χ4v) is 3.05. The first-order valence-corrected chi connectivity index (χ1v) is 9.09. The van der Waals surface area contributed by atoms with E-state index in [-0.39, 0.29) is 11.6 Å². The van der Waals surface area contributed by atoms with Crippen molar-refractivity contribution in [2.24, 2.45) is 0 Å². The lowest BCUT2D eigenvalue weighted by atomic mass is 10.0. The molecule has 0 bridgehead atoms. The Morgan fingerprint density at radius 3 is 2.67 bits per heavy atom. The Morgan fingerprint density at radius 2 is 1.93 bits per heavy atom. The van der Waals surface area contributed by atoms with Crippen molar-refractivity contribution in [1.29, 1.82) is 0 Å². The average Bonchev–Trinajstić information content (AvgIpc) is 2.72. The lowest BCUT2D eigenvalue weighted by Crippen LogP contribution is -2.33. The number of nitrogens with zero attached hydrogens (tertiary/aromatic N) is 2. The van der Waals surface area contributed by atoms with E-state index in [9.17, 15) is 9.90 Å². The summed E-state index contributed by atoms with van der Waals surface area (Å²) in [4.78, 5) is 16.8. The van der Waals surface area contributed by atoms with Crippen LogP contribution >= 0.6 is 0 Å². The second-order valence-electron chi connectivity index (χ2n) is 6.57. The highest BCUT2D eigenvalue weighted by Gasteiger charge is 2.15. The minimum atomic E-state index is -0.610. The van der Waals surface area contributed by atoms with Crippen LogP contribution in [-0.4, -0.2) is 34.4 Å². The van der Waals surface area contributed by atoms with Crippen LogP contribution in [0, 0.1) is 0 Å².